The van der Waals surface area contributed by atoms with Gasteiger partial charge in [0.1, 0.15) is 5.82 Å². The van der Waals surface area contributed by atoms with Crippen molar-refractivity contribution in [3.05, 3.63) is 12.0 Å². The molecule has 0 saturated carbocycles. The van der Waals surface area contributed by atoms with E-state index in [9.17, 15) is 8.42 Å². The molecule has 1 heterocycles. The van der Waals surface area contributed by atoms with Crippen molar-refractivity contribution in [1.82, 2.24) is 9.55 Å². The van der Waals surface area contributed by atoms with Crippen molar-refractivity contribution in [1.29, 1.82) is 0 Å². The zero-order valence-electron chi connectivity index (χ0n) is 11.4. The lowest BCUT2D eigenvalue weighted by Crippen LogP contribution is -2.12. The van der Waals surface area contributed by atoms with Gasteiger partial charge in [0.2, 0.25) is 0 Å². The summed E-state index contributed by atoms with van der Waals surface area (Å²) in [5, 5.41) is 5.10. The van der Waals surface area contributed by atoms with Crippen molar-refractivity contribution < 1.29 is 8.42 Å². The van der Waals surface area contributed by atoms with E-state index in [1.807, 2.05) is 11.5 Å². The molecule has 1 rings (SSSR count). The van der Waals surface area contributed by atoms with E-state index in [4.69, 9.17) is 5.14 Å². The molecule has 0 aliphatic rings. The maximum Gasteiger partial charge on any atom is 0.257 e. The standard InChI is InChI=1S/C12H23N3O2S/c1-4-6-10(3)8-15-9-12(18(13,16)17)14-11(15)7-5-2/h9-10H,4-8H2,1-3H3,(H2,13,16,17). The first-order valence-electron chi connectivity index (χ1n) is 6.47. The molecule has 1 aromatic rings. The van der Waals surface area contributed by atoms with E-state index in [0.29, 0.717) is 5.92 Å². The number of hydrogen-bond acceptors (Lipinski definition) is 3. The highest BCUT2D eigenvalue weighted by molar-refractivity contribution is 7.89. The maximum atomic E-state index is 11.3. The monoisotopic (exact) mass is 273 g/mol. The second kappa shape index (κ2) is 6.33. The van der Waals surface area contributed by atoms with Gasteiger partial charge in [-0.15, -0.1) is 0 Å². The van der Waals surface area contributed by atoms with Crippen molar-refractivity contribution >= 4 is 10.0 Å². The molecule has 104 valence electrons. The first kappa shape index (κ1) is 15.2. The summed E-state index contributed by atoms with van der Waals surface area (Å²) in [5.41, 5.74) is 0. The molecule has 1 atom stereocenters. The maximum absolute atomic E-state index is 11.3. The van der Waals surface area contributed by atoms with Crippen LogP contribution >= 0.6 is 0 Å². The lowest BCUT2D eigenvalue weighted by molar-refractivity contribution is 0.436. The molecule has 0 aliphatic carbocycles. The Kier molecular flexibility index (Phi) is 5.34. The first-order valence-corrected chi connectivity index (χ1v) is 8.02. The summed E-state index contributed by atoms with van der Waals surface area (Å²) >= 11 is 0. The van der Waals surface area contributed by atoms with Gasteiger partial charge in [0, 0.05) is 19.2 Å². The number of rotatable bonds is 7. The molecule has 0 aromatic carbocycles. The summed E-state index contributed by atoms with van der Waals surface area (Å²) in [6.07, 6.45) is 5.51. The first-order chi connectivity index (χ1) is 8.38. The van der Waals surface area contributed by atoms with Gasteiger partial charge in [-0.25, -0.2) is 18.5 Å². The Morgan fingerprint density at radius 1 is 1.39 bits per heavy atom. The van der Waals surface area contributed by atoms with Crippen LogP contribution in [0.5, 0.6) is 0 Å². The Balaban J connectivity index is 2.97. The zero-order valence-corrected chi connectivity index (χ0v) is 12.2. The Labute approximate surface area is 109 Å². The fourth-order valence-electron chi connectivity index (χ4n) is 2.07. The van der Waals surface area contributed by atoms with Gasteiger partial charge in [-0.2, -0.15) is 0 Å². The number of imidazole rings is 1. The van der Waals surface area contributed by atoms with E-state index >= 15 is 0 Å². The average molecular weight is 273 g/mol. The van der Waals surface area contributed by atoms with E-state index in [-0.39, 0.29) is 5.03 Å². The van der Waals surface area contributed by atoms with Crippen LogP contribution in [0.2, 0.25) is 0 Å². The number of sulfonamides is 1. The van der Waals surface area contributed by atoms with E-state index in [0.717, 1.165) is 38.1 Å². The molecule has 1 aromatic heterocycles. The molecule has 1 unspecified atom stereocenters. The lowest BCUT2D eigenvalue weighted by Gasteiger charge is -2.13. The molecule has 18 heavy (non-hydrogen) atoms. The molecule has 0 spiro atoms. The van der Waals surface area contributed by atoms with Crippen LogP contribution in [0.15, 0.2) is 11.2 Å². The minimum absolute atomic E-state index is 0.0188. The second-order valence-electron chi connectivity index (χ2n) is 4.84. The van der Waals surface area contributed by atoms with Crippen LogP contribution in [0, 0.1) is 5.92 Å². The third kappa shape index (κ3) is 4.10. The van der Waals surface area contributed by atoms with Crippen LogP contribution in [-0.2, 0) is 23.0 Å². The molecule has 0 fully saturated rings. The second-order valence-corrected chi connectivity index (χ2v) is 6.34. The number of nitrogens with two attached hydrogens (primary N) is 1. The van der Waals surface area contributed by atoms with Gasteiger partial charge in [-0.1, -0.05) is 27.2 Å². The summed E-state index contributed by atoms with van der Waals surface area (Å²) in [6.45, 7) is 7.15. The van der Waals surface area contributed by atoms with Crippen molar-refractivity contribution in [2.24, 2.45) is 11.1 Å². The molecular weight excluding hydrogens is 250 g/mol. The zero-order chi connectivity index (χ0) is 13.8. The van der Waals surface area contributed by atoms with Gasteiger partial charge < -0.3 is 4.57 Å². The van der Waals surface area contributed by atoms with Crippen LogP contribution in [-0.4, -0.2) is 18.0 Å². The summed E-state index contributed by atoms with van der Waals surface area (Å²) in [4.78, 5) is 4.13. The van der Waals surface area contributed by atoms with Crippen LogP contribution in [0.25, 0.3) is 0 Å². The fraction of sp³-hybridized carbons (Fsp3) is 0.750. The molecule has 2 N–H and O–H groups in total. The van der Waals surface area contributed by atoms with Gasteiger partial charge in [0.05, 0.1) is 0 Å². The molecule has 6 heteroatoms. The average Bonchev–Trinajstić information content (AvgIpc) is 2.62. The van der Waals surface area contributed by atoms with Crippen molar-refractivity contribution in [3.63, 3.8) is 0 Å². The number of aryl methyl sites for hydroxylation is 1. The third-order valence-corrected chi connectivity index (χ3v) is 3.67. The predicted molar refractivity (Wildman–Crippen MR) is 71.7 cm³/mol. The SMILES string of the molecule is CCCc1nc(S(N)(=O)=O)cn1CC(C)CCC. The van der Waals surface area contributed by atoms with E-state index < -0.39 is 10.0 Å². The van der Waals surface area contributed by atoms with Crippen LogP contribution < -0.4 is 5.14 Å². The van der Waals surface area contributed by atoms with Crippen molar-refractivity contribution in [2.45, 2.75) is 58.0 Å². The Hall–Kier alpha value is -0.880. The van der Waals surface area contributed by atoms with Crippen molar-refractivity contribution in [3.8, 4) is 0 Å². The largest absolute Gasteiger partial charge is 0.333 e. The molecule has 0 aliphatic heterocycles. The van der Waals surface area contributed by atoms with Gasteiger partial charge in [0.25, 0.3) is 10.0 Å². The topological polar surface area (TPSA) is 78.0 Å². The summed E-state index contributed by atoms with van der Waals surface area (Å²) in [6, 6.07) is 0. The predicted octanol–water partition coefficient (Wildman–Crippen LogP) is 1.92. The molecule has 0 saturated heterocycles. The number of nitrogens with zero attached hydrogens (tertiary/aromatic N) is 2. The summed E-state index contributed by atoms with van der Waals surface area (Å²) < 4.78 is 24.6. The smallest absolute Gasteiger partial charge is 0.257 e. The van der Waals surface area contributed by atoms with Gasteiger partial charge >= 0.3 is 0 Å². The minimum atomic E-state index is -3.70. The number of primary sulfonamides is 1. The normalized spacial score (nSPS) is 13.8. The van der Waals surface area contributed by atoms with Gasteiger partial charge in [-0.05, 0) is 18.8 Å². The molecule has 0 radical (unpaired) electrons. The number of hydrogen-bond donors (Lipinski definition) is 1. The van der Waals surface area contributed by atoms with E-state index in [1.165, 1.54) is 0 Å². The molecular formula is C12H23N3O2S. The highest BCUT2D eigenvalue weighted by Crippen LogP contribution is 2.15. The van der Waals surface area contributed by atoms with Crippen LogP contribution in [0.4, 0.5) is 0 Å². The Morgan fingerprint density at radius 3 is 2.56 bits per heavy atom. The van der Waals surface area contributed by atoms with E-state index in [2.05, 4.69) is 18.8 Å². The quantitative estimate of drug-likeness (QED) is 0.824. The Morgan fingerprint density at radius 2 is 2.06 bits per heavy atom. The van der Waals surface area contributed by atoms with Crippen LogP contribution in [0.3, 0.4) is 0 Å². The van der Waals surface area contributed by atoms with Crippen LogP contribution in [0.1, 0.15) is 45.9 Å². The molecule has 5 nitrogen and oxygen atoms in total. The van der Waals surface area contributed by atoms with E-state index in [1.54, 1.807) is 6.20 Å². The molecule has 0 bridgehead atoms. The van der Waals surface area contributed by atoms with Crippen molar-refractivity contribution in [2.75, 3.05) is 0 Å². The lowest BCUT2D eigenvalue weighted by atomic mass is 10.1. The fourth-order valence-corrected chi connectivity index (χ4v) is 2.57. The Bertz CT molecular complexity index is 480. The molecule has 0 amide bonds. The van der Waals surface area contributed by atoms with Gasteiger partial charge in [-0.3, -0.25) is 0 Å². The number of aromatic nitrogens is 2. The minimum Gasteiger partial charge on any atom is -0.333 e. The third-order valence-electron chi connectivity index (χ3n) is 2.89. The summed E-state index contributed by atoms with van der Waals surface area (Å²) in [5.74, 6) is 1.32. The highest BCUT2D eigenvalue weighted by Gasteiger charge is 2.16. The summed E-state index contributed by atoms with van der Waals surface area (Å²) in [7, 11) is -3.70. The highest BCUT2D eigenvalue weighted by atomic mass is 32.2. The van der Waals surface area contributed by atoms with Gasteiger partial charge in [0.15, 0.2) is 5.03 Å².